The maximum absolute atomic E-state index is 12.2. The summed E-state index contributed by atoms with van der Waals surface area (Å²) in [6.07, 6.45) is 5.57. The number of nitrogens with one attached hydrogen (secondary N) is 1. The molecule has 132 valence electrons. The van der Waals surface area contributed by atoms with Crippen molar-refractivity contribution in [2.24, 2.45) is 0 Å². The number of aryl methyl sites for hydroxylation is 1. The largest absolute Gasteiger partial charge is 0.352 e. The number of hydrogen-bond acceptors (Lipinski definition) is 3. The van der Waals surface area contributed by atoms with E-state index in [1.807, 2.05) is 54.7 Å². The van der Waals surface area contributed by atoms with E-state index in [1.165, 1.54) is 11.1 Å². The number of benzene rings is 2. The van der Waals surface area contributed by atoms with E-state index in [1.54, 1.807) is 18.0 Å². The first-order valence-corrected chi connectivity index (χ1v) is 9.74. The van der Waals surface area contributed by atoms with Crippen molar-refractivity contribution in [3.63, 3.8) is 0 Å². The third-order valence-electron chi connectivity index (χ3n) is 4.02. The predicted octanol–water partition coefficient (Wildman–Crippen LogP) is 4.74. The summed E-state index contributed by atoms with van der Waals surface area (Å²) < 4.78 is 0. The van der Waals surface area contributed by atoms with Gasteiger partial charge in [0.05, 0.1) is 0 Å². The summed E-state index contributed by atoms with van der Waals surface area (Å²) in [6.45, 7) is 0.686. The van der Waals surface area contributed by atoms with E-state index in [9.17, 15) is 4.79 Å². The van der Waals surface area contributed by atoms with E-state index in [4.69, 9.17) is 0 Å². The van der Waals surface area contributed by atoms with Crippen LogP contribution in [0.15, 0.2) is 84.0 Å². The van der Waals surface area contributed by atoms with Gasteiger partial charge in [0, 0.05) is 35.2 Å². The van der Waals surface area contributed by atoms with Crippen LogP contribution in [0.5, 0.6) is 0 Å². The number of carbonyl (C=O) groups excluding carboxylic acids is 1. The first kappa shape index (κ1) is 18.2. The van der Waals surface area contributed by atoms with Crippen molar-refractivity contribution in [3.8, 4) is 0 Å². The zero-order valence-electron chi connectivity index (χ0n) is 14.6. The van der Waals surface area contributed by atoms with Crippen molar-refractivity contribution in [1.29, 1.82) is 0 Å². The number of nitrogens with zero attached hydrogens (tertiary/aromatic N) is 1. The second-order valence-corrected chi connectivity index (χ2v) is 7.07. The number of rotatable bonds is 8. The fraction of sp³-hybridized carbons (Fsp3) is 0.182. The molecule has 0 aliphatic heterocycles. The fourth-order valence-corrected chi connectivity index (χ4v) is 3.43. The molecule has 0 aliphatic rings. The quantitative estimate of drug-likeness (QED) is 0.465. The molecule has 4 heteroatoms. The molecule has 3 rings (SSSR count). The summed E-state index contributed by atoms with van der Waals surface area (Å²) in [5.41, 5.74) is 3.20. The molecular weight excluding hydrogens is 340 g/mol. The highest BCUT2D eigenvalue weighted by Crippen LogP contribution is 2.22. The van der Waals surface area contributed by atoms with Crippen LogP contribution in [0.2, 0.25) is 0 Å². The van der Waals surface area contributed by atoms with Crippen LogP contribution in [-0.4, -0.2) is 17.4 Å². The fourth-order valence-electron chi connectivity index (χ4n) is 2.59. The molecule has 3 aromatic rings. The van der Waals surface area contributed by atoms with Crippen molar-refractivity contribution in [2.75, 3.05) is 6.54 Å². The highest BCUT2D eigenvalue weighted by Gasteiger charge is 2.05. The molecule has 0 spiro atoms. The lowest BCUT2D eigenvalue weighted by Crippen LogP contribution is -2.24. The van der Waals surface area contributed by atoms with Crippen LogP contribution in [0.3, 0.4) is 0 Å². The Balaban J connectivity index is 1.41. The Morgan fingerprint density at radius 2 is 1.69 bits per heavy atom. The maximum Gasteiger partial charge on any atom is 0.251 e. The van der Waals surface area contributed by atoms with Gasteiger partial charge in [-0.1, -0.05) is 36.4 Å². The molecule has 1 amide bonds. The van der Waals surface area contributed by atoms with Crippen LogP contribution >= 0.6 is 11.8 Å². The molecule has 0 fully saturated rings. The predicted molar refractivity (Wildman–Crippen MR) is 107 cm³/mol. The second-order valence-electron chi connectivity index (χ2n) is 6.02. The molecule has 1 N–H and O–H groups in total. The van der Waals surface area contributed by atoms with Gasteiger partial charge in [0.2, 0.25) is 0 Å². The minimum Gasteiger partial charge on any atom is -0.352 e. The van der Waals surface area contributed by atoms with Crippen molar-refractivity contribution in [1.82, 2.24) is 10.3 Å². The Morgan fingerprint density at radius 3 is 2.42 bits per heavy atom. The molecule has 0 saturated heterocycles. The van der Waals surface area contributed by atoms with Gasteiger partial charge in [0.1, 0.15) is 0 Å². The molecule has 2 aromatic carbocycles. The number of carbonyl (C=O) groups is 1. The highest BCUT2D eigenvalue weighted by molar-refractivity contribution is 7.98. The lowest BCUT2D eigenvalue weighted by molar-refractivity contribution is 0.0953. The monoisotopic (exact) mass is 362 g/mol. The Bertz CT molecular complexity index is 805. The SMILES string of the molecule is O=C(NCCCc1ccccc1)c1ccc(SCc2cccnc2)cc1. The van der Waals surface area contributed by atoms with E-state index < -0.39 is 0 Å². The molecule has 26 heavy (non-hydrogen) atoms. The lowest BCUT2D eigenvalue weighted by Gasteiger charge is -2.07. The van der Waals surface area contributed by atoms with E-state index >= 15 is 0 Å². The Kier molecular flexibility index (Phi) is 6.85. The van der Waals surface area contributed by atoms with E-state index in [0.717, 1.165) is 23.5 Å². The Hall–Kier alpha value is -2.59. The minimum absolute atomic E-state index is 0.0122. The van der Waals surface area contributed by atoms with Crippen molar-refractivity contribution < 1.29 is 4.79 Å². The minimum atomic E-state index is -0.0122. The molecule has 1 aromatic heterocycles. The number of thioether (sulfide) groups is 1. The molecule has 1 heterocycles. The summed E-state index contributed by atoms with van der Waals surface area (Å²) in [6, 6.07) is 22.1. The molecule has 0 unspecified atom stereocenters. The molecule has 0 saturated carbocycles. The van der Waals surface area contributed by atoms with Gasteiger partial charge in [-0.15, -0.1) is 11.8 Å². The zero-order chi connectivity index (χ0) is 18.0. The van der Waals surface area contributed by atoms with Gasteiger partial charge in [-0.2, -0.15) is 0 Å². The number of hydrogen-bond donors (Lipinski definition) is 1. The van der Waals surface area contributed by atoms with Crippen LogP contribution in [0.1, 0.15) is 27.9 Å². The van der Waals surface area contributed by atoms with Gasteiger partial charge in [-0.3, -0.25) is 9.78 Å². The third-order valence-corrected chi connectivity index (χ3v) is 5.10. The zero-order valence-corrected chi connectivity index (χ0v) is 15.4. The number of aromatic nitrogens is 1. The number of pyridine rings is 1. The lowest BCUT2D eigenvalue weighted by atomic mass is 10.1. The summed E-state index contributed by atoms with van der Waals surface area (Å²) >= 11 is 1.74. The average molecular weight is 362 g/mol. The highest BCUT2D eigenvalue weighted by atomic mass is 32.2. The van der Waals surface area contributed by atoms with Crippen LogP contribution in [0, 0.1) is 0 Å². The van der Waals surface area contributed by atoms with Gasteiger partial charge in [0.15, 0.2) is 0 Å². The number of amides is 1. The van der Waals surface area contributed by atoms with Crippen molar-refractivity contribution in [2.45, 2.75) is 23.5 Å². The van der Waals surface area contributed by atoms with E-state index in [-0.39, 0.29) is 5.91 Å². The summed E-state index contributed by atoms with van der Waals surface area (Å²) in [5.74, 6) is 0.862. The van der Waals surface area contributed by atoms with Crippen molar-refractivity contribution in [3.05, 3.63) is 95.8 Å². The normalized spacial score (nSPS) is 10.5. The topological polar surface area (TPSA) is 42.0 Å². The van der Waals surface area contributed by atoms with E-state index in [2.05, 4.69) is 28.5 Å². The molecule has 0 radical (unpaired) electrons. The van der Waals surface area contributed by atoms with E-state index in [0.29, 0.717) is 12.1 Å². The van der Waals surface area contributed by atoms with Gasteiger partial charge in [-0.05, 0) is 54.3 Å². The summed E-state index contributed by atoms with van der Waals surface area (Å²) in [7, 11) is 0. The first-order valence-electron chi connectivity index (χ1n) is 8.75. The van der Waals surface area contributed by atoms with Gasteiger partial charge in [0.25, 0.3) is 5.91 Å². The van der Waals surface area contributed by atoms with Crippen LogP contribution in [0.4, 0.5) is 0 Å². The maximum atomic E-state index is 12.2. The second kappa shape index (κ2) is 9.78. The van der Waals surface area contributed by atoms with Gasteiger partial charge >= 0.3 is 0 Å². The first-order chi connectivity index (χ1) is 12.8. The third kappa shape index (κ3) is 5.74. The molecule has 0 aliphatic carbocycles. The van der Waals surface area contributed by atoms with Gasteiger partial charge < -0.3 is 5.32 Å². The standard InChI is InChI=1S/C22H22N2OS/c25-22(24-15-5-8-18-6-2-1-3-7-18)20-10-12-21(13-11-20)26-17-19-9-4-14-23-16-19/h1-4,6-7,9-14,16H,5,8,15,17H2,(H,24,25). The van der Waals surface area contributed by atoms with Crippen LogP contribution in [0.25, 0.3) is 0 Å². The van der Waals surface area contributed by atoms with Crippen molar-refractivity contribution >= 4 is 17.7 Å². The summed E-state index contributed by atoms with van der Waals surface area (Å²) in [5, 5.41) is 2.99. The van der Waals surface area contributed by atoms with Gasteiger partial charge in [-0.25, -0.2) is 0 Å². The smallest absolute Gasteiger partial charge is 0.251 e. The molecule has 0 bridgehead atoms. The molecule has 0 atom stereocenters. The molecule has 3 nitrogen and oxygen atoms in total. The Labute approximate surface area is 158 Å². The average Bonchev–Trinajstić information content (AvgIpc) is 2.71. The van der Waals surface area contributed by atoms with Crippen LogP contribution in [-0.2, 0) is 12.2 Å². The summed E-state index contributed by atoms with van der Waals surface area (Å²) in [4.78, 5) is 17.5. The Morgan fingerprint density at radius 1 is 0.923 bits per heavy atom. The van der Waals surface area contributed by atoms with Crippen LogP contribution < -0.4 is 5.32 Å². The molecular formula is C22H22N2OS.